The summed E-state index contributed by atoms with van der Waals surface area (Å²) in [7, 11) is 0. The Morgan fingerprint density at radius 2 is 1.93 bits per heavy atom. The third-order valence-corrected chi connectivity index (χ3v) is 3.96. The highest BCUT2D eigenvalue weighted by Crippen LogP contribution is 2.37. The van der Waals surface area contributed by atoms with Gasteiger partial charge in [0.1, 0.15) is 0 Å². The van der Waals surface area contributed by atoms with Crippen molar-refractivity contribution in [2.24, 2.45) is 11.3 Å². The Kier molecular flexibility index (Phi) is 3.01. The van der Waals surface area contributed by atoms with Gasteiger partial charge in [0.05, 0.1) is 0 Å². The molecule has 1 spiro atoms. The molecule has 3 nitrogen and oxygen atoms in total. The van der Waals surface area contributed by atoms with Gasteiger partial charge in [0.15, 0.2) is 0 Å². The molecule has 2 aliphatic rings. The maximum Gasteiger partial charge on any atom is 0.225 e. The fraction of sp³-hybridized carbons (Fsp3) is 0.917. The highest BCUT2D eigenvalue weighted by atomic mass is 16.2. The van der Waals surface area contributed by atoms with E-state index in [1.807, 2.05) is 18.7 Å². The Labute approximate surface area is 92.2 Å². The lowest BCUT2D eigenvalue weighted by molar-refractivity contribution is -0.136. The van der Waals surface area contributed by atoms with Gasteiger partial charge in [0, 0.05) is 25.6 Å². The SMILES string of the molecule is CC(C)C(=O)N1CCC2(CCNC2)CC1. The summed E-state index contributed by atoms with van der Waals surface area (Å²) in [5.74, 6) is 0.483. The van der Waals surface area contributed by atoms with Crippen LogP contribution < -0.4 is 5.32 Å². The van der Waals surface area contributed by atoms with Gasteiger partial charge in [-0.05, 0) is 31.2 Å². The molecule has 0 saturated carbocycles. The second kappa shape index (κ2) is 4.12. The number of rotatable bonds is 1. The van der Waals surface area contributed by atoms with E-state index in [2.05, 4.69) is 5.32 Å². The van der Waals surface area contributed by atoms with E-state index in [9.17, 15) is 4.79 Å². The van der Waals surface area contributed by atoms with Crippen molar-refractivity contribution in [2.75, 3.05) is 26.2 Å². The second-order valence-electron chi connectivity index (χ2n) is 5.41. The summed E-state index contributed by atoms with van der Waals surface area (Å²) in [6, 6.07) is 0. The van der Waals surface area contributed by atoms with Crippen molar-refractivity contribution >= 4 is 5.91 Å². The number of piperidine rings is 1. The first-order valence-corrected chi connectivity index (χ1v) is 6.12. The lowest BCUT2D eigenvalue weighted by atomic mass is 9.77. The molecule has 15 heavy (non-hydrogen) atoms. The highest BCUT2D eigenvalue weighted by Gasteiger charge is 2.38. The molecule has 0 radical (unpaired) electrons. The van der Waals surface area contributed by atoms with Crippen molar-refractivity contribution in [3.63, 3.8) is 0 Å². The molecule has 1 N–H and O–H groups in total. The molecule has 0 atom stereocenters. The Balaban J connectivity index is 1.89. The molecule has 0 unspecified atom stereocenters. The summed E-state index contributed by atoms with van der Waals surface area (Å²) in [4.78, 5) is 13.9. The smallest absolute Gasteiger partial charge is 0.225 e. The van der Waals surface area contributed by atoms with Crippen LogP contribution in [-0.4, -0.2) is 37.0 Å². The summed E-state index contributed by atoms with van der Waals surface area (Å²) < 4.78 is 0. The average molecular weight is 210 g/mol. The molecule has 0 bridgehead atoms. The molecule has 3 heteroatoms. The average Bonchev–Trinajstić information content (AvgIpc) is 2.67. The Bertz CT molecular complexity index is 234. The fourth-order valence-electron chi connectivity index (χ4n) is 2.79. The Morgan fingerprint density at radius 1 is 1.27 bits per heavy atom. The molecule has 0 aromatic rings. The van der Waals surface area contributed by atoms with E-state index in [-0.39, 0.29) is 5.92 Å². The van der Waals surface area contributed by atoms with Gasteiger partial charge in [-0.25, -0.2) is 0 Å². The molecular weight excluding hydrogens is 188 g/mol. The van der Waals surface area contributed by atoms with E-state index in [1.165, 1.54) is 19.3 Å². The van der Waals surface area contributed by atoms with Crippen molar-refractivity contribution in [2.45, 2.75) is 33.1 Å². The summed E-state index contributed by atoms with van der Waals surface area (Å²) in [5, 5.41) is 3.45. The maximum atomic E-state index is 11.8. The lowest BCUT2D eigenvalue weighted by Gasteiger charge is -2.39. The van der Waals surface area contributed by atoms with Crippen molar-refractivity contribution in [3.8, 4) is 0 Å². The predicted octanol–water partition coefficient (Wildman–Crippen LogP) is 1.24. The van der Waals surface area contributed by atoms with Gasteiger partial charge in [0.25, 0.3) is 0 Å². The number of hydrogen-bond acceptors (Lipinski definition) is 2. The molecule has 2 heterocycles. The molecule has 0 aromatic carbocycles. The van der Waals surface area contributed by atoms with Crippen LogP contribution in [0.4, 0.5) is 0 Å². The quantitative estimate of drug-likeness (QED) is 0.706. The minimum absolute atomic E-state index is 0.153. The number of amides is 1. The van der Waals surface area contributed by atoms with Gasteiger partial charge in [-0.3, -0.25) is 4.79 Å². The molecule has 2 aliphatic heterocycles. The number of nitrogens with zero attached hydrogens (tertiary/aromatic N) is 1. The van der Waals surface area contributed by atoms with Crippen molar-refractivity contribution in [3.05, 3.63) is 0 Å². The standard InChI is InChI=1S/C12H22N2O/c1-10(2)11(15)14-7-4-12(5-8-14)3-6-13-9-12/h10,13H,3-9H2,1-2H3. The molecule has 2 rings (SSSR count). The van der Waals surface area contributed by atoms with Gasteiger partial charge in [-0.15, -0.1) is 0 Å². The lowest BCUT2D eigenvalue weighted by Crippen LogP contribution is -2.45. The van der Waals surface area contributed by atoms with Gasteiger partial charge < -0.3 is 10.2 Å². The van der Waals surface area contributed by atoms with Crippen molar-refractivity contribution in [1.82, 2.24) is 10.2 Å². The minimum Gasteiger partial charge on any atom is -0.342 e. The normalized spacial score (nSPS) is 25.1. The van der Waals surface area contributed by atoms with E-state index in [0.29, 0.717) is 11.3 Å². The van der Waals surface area contributed by atoms with E-state index in [4.69, 9.17) is 0 Å². The summed E-state index contributed by atoms with van der Waals surface area (Å²) in [5.41, 5.74) is 0.522. The number of likely N-dealkylation sites (tertiary alicyclic amines) is 1. The molecular formula is C12H22N2O. The van der Waals surface area contributed by atoms with Crippen molar-refractivity contribution < 1.29 is 4.79 Å². The zero-order valence-corrected chi connectivity index (χ0v) is 9.88. The Morgan fingerprint density at radius 3 is 2.40 bits per heavy atom. The Hall–Kier alpha value is -0.570. The summed E-state index contributed by atoms with van der Waals surface area (Å²) in [6.07, 6.45) is 3.69. The van der Waals surface area contributed by atoms with Gasteiger partial charge in [-0.1, -0.05) is 13.8 Å². The molecule has 2 fully saturated rings. The number of nitrogens with one attached hydrogen (secondary N) is 1. The van der Waals surface area contributed by atoms with Crippen LogP contribution in [0.15, 0.2) is 0 Å². The van der Waals surface area contributed by atoms with Crippen LogP contribution in [0.1, 0.15) is 33.1 Å². The van der Waals surface area contributed by atoms with Gasteiger partial charge in [-0.2, -0.15) is 0 Å². The molecule has 2 saturated heterocycles. The number of hydrogen-bond donors (Lipinski definition) is 1. The minimum atomic E-state index is 0.153. The van der Waals surface area contributed by atoms with Crippen LogP contribution in [0.2, 0.25) is 0 Å². The summed E-state index contributed by atoms with van der Waals surface area (Å²) in [6.45, 7) is 8.25. The summed E-state index contributed by atoms with van der Waals surface area (Å²) >= 11 is 0. The van der Waals surface area contributed by atoms with Crippen LogP contribution in [0.5, 0.6) is 0 Å². The largest absolute Gasteiger partial charge is 0.342 e. The molecule has 0 aliphatic carbocycles. The first-order valence-electron chi connectivity index (χ1n) is 6.12. The molecule has 0 aromatic heterocycles. The highest BCUT2D eigenvalue weighted by molar-refractivity contribution is 5.78. The maximum absolute atomic E-state index is 11.8. The first kappa shape index (κ1) is 10.9. The molecule has 1 amide bonds. The van der Waals surface area contributed by atoms with Crippen LogP contribution >= 0.6 is 0 Å². The predicted molar refractivity (Wildman–Crippen MR) is 60.6 cm³/mol. The van der Waals surface area contributed by atoms with Crippen molar-refractivity contribution in [1.29, 1.82) is 0 Å². The van der Waals surface area contributed by atoms with Crippen LogP contribution in [0.3, 0.4) is 0 Å². The molecule has 86 valence electrons. The monoisotopic (exact) mass is 210 g/mol. The number of carbonyl (C=O) groups excluding carboxylic acids is 1. The fourth-order valence-corrected chi connectivity index (χ4v) is 2.79. The van der Waals surface area contributed by atoms with E-state index in [0.717, 1.165) is 26.2 Å². The number of carbonyl (C=O) groups is 1. The third kappa shape index (κ3) is 2.17. The van der Waals surface area contributed by atoms with Crippen LogP contribution in [0.25, 0.3) is 0 Å². The van der Waals surface area contributed by atoms with E-state index < -0.39 is 0 Å². The zero-order chi connectivity index (χ0) is 10.9. The van der Waals surface area contributed by atoms with E-state index in [1.54, 1.807) is 0 Å². The van der Waals surface area contributed by atoms with E-state index >= 15 is 0 Å². The van der Waals surface area contributed by atoms with Crippen LogP contribution in [-0.2, 0) is 4.79 Å². The van der Waals surface area contributed by atoms with Crippen LogP contribution in [0, 0.1) is 11.3 Å². The van der Waals surface area contributed by atoms with Gasteiger partial charge in [0.2, 0.25) is 5.91 Å². The van der Waals surface area contributed by atoms with Gasteiger partial charge >= 0.3 is 0 Å². The third-order valence-electron chi connectivity index (χ3n) is 3.96. The first-order chi connectivity index (χ1) is 7.13. The second-order valence-corrected chi connectivity index (χ2v) is 5.41. The topological polar surface area (TPSA) is 32.3 Å². The zero-order valence-electron chi connectivity index (χ0n) is 9.88.